The number of amides is 2. The van der Waals surface area contributed by atoms with Crippen LogP contribution in [0.25, 0.3) is 0 Å². The molecule has 1 heterocycles. The van der Waals surface area contributed by atoms with Gasteiger partial charge in [-0.1, -0.05) is 26.0 Å². The third-order valence-electron chi connectivity index (χ3n) is 4.74. The number of carbonyl (C=O) groups is 2. The topological polar surface area (TPSA) is 84.7 Å². The zero-order valence-corrected chi connectivity index (χ0v) is 17.1. The van der Waals surface area contributed by atoms with Crippen molar-refractivity contribution in [3.63, 3.8) is 0 Å². The minimum atomic E-state index is -0.0628. The number of benzene rings is 1. The lowest BCUT2D eigenvalue weighted by atomic mass is 10.0. The van der Waals surface area contributed by atoms with Crippen LogP contribution in [0.5, 0.6) is 5.75 Å². The quantitative estimate of drug-likeness (QED) is 0.705. The van der Waals surface area contributed by atoms with Crippen molar-refractivity contribution in [2.24, 2.45) is 5.73 Å². The maximum absolute atomic E-state index is 12.6. The Morgan fingerprint density at radius 3 is 2.81 bits per heavy atom. The standard InChI is InChI=1S/C20H31N3O3.ClH/c1-15(2)16-6-5-8-18(12-16)26-14-20(25)23-11-4-3-7-17(23)13-22-19(24)9-10-21;/h5-6,8,12,15,17H,3-4,7,9-11,13-14,21H2,1-2H3,(H,22,24);1H. The van der Waals surface area contributed by atoms with Crippen LogP contribution < -0.4 is 15.8 Å². The summed E-state index contributed by atoms with van der Waals surface area (Å²) in [6, 6.07) is 7.90. The summed E-state index contributed by atoms with van der Waals surface area (Å²) < 4.78 is 5.73. The van der Waals surface area contributed by atoms with Gasteiger partial charge in [-0.15, -0.1) is 12.4 Å². The molecule has 1 aliphatic rings. The summed E-state index contributed by atoms with van der Waals surface area (Å²) in [5.41, 5.74) is 6.58. The fourth-order valence-electron chi connectivity index (χ4n) is 3.18. The van der Waals surface area contributed by atoms with Crippen LogP contribution in [-0.4, -0.2) is 49.0 Å². The highest BCUT2D eigenvalue weighted by atomic mass is 35.5. The van der Waals surface area contributed by atoms with Crippen LogP contribution in [0.3, 0.4) is 0 Å². The van der Waals surface area contributed by atoms with Gasteiger partial charge in [0.2, 0.25) is 5.91 Å². The molecular weight excluding hydrogens is 366 g/mol. The second-order valence-corrected chi connectivity index (χ2v) is 7.10. The summed E-state index contributed by atoms with van der Waals surface area (Å²) in [5.74, 6) is 1.04. The lowest BCUT2D eigenvalue weighted by Gasteiger charge is -2.35. The van der Waals surface area contributed by atoms with Crippen LogP contribution >= 0.6 is 12.4 Å². The van der Waals surface area contributed by atoms with Crippen LogP contribution in [0.2, 0.25) is 0 Å². The number of nitrogens with zero attached hydrogens (tertiary/aromatic N) is 1. The first kappa shape index (κ1) is 23.2. The minimum Gasteiger partial charge on any atom is -0.484 e. The summed E-state index contributed by atoms with van der Waals surface area (Å²) in [6.45, 7) is 5.80. The molecule has 1 saturated heterocycles. The van der Waals surface area contributed by atoms with E-state index in [4.69, 9.17) is 10.5 Å². The van der Waals surface area contributed by atoms with Gasteiger partial charge in [0.15, 0.2) is 6.61 Å². The number of piperidine rings is 1. The number of halogens is 1. The summed E-state index contributed by atoms with van der Waals surface area (Å²) in [6.07, 6.45) is 3.27. The fraction of sp³-hybridized carbons (Fsp3) is 0.600. The van der Waals surface area contributed by atoms with Crippen molar-refractivity contribution in [3.8, 4) is 5.75 Å². The molecule has 7 heteroatoms. The largest absolute Gasteiger partial charge is 0.484 e. The minimum absolute atomic E-state index is 0. The van der Waals surface area contributed by atoms with Gasteiger partial charge in [-0.05, 0) is 42.9 Å². The number of likely N-dealkylation sites (tertiary alicyclic amines) is 1. The van der Waals surface area contributed by atoms with Crippen LogP contribution in [-0.2, 0) is 9.59 Å². The lowest BCUT2D eigenvalue weighted by molar-refractivity contribution is -0.137. The van der Waals surface area contributed by atoms with Crippen molar-refractivity contribution in [1.29, 1.82) is 0 Å². The molecule has 0 aromatic heterocycles. The van der Waals surface area contributed by atoms with E-state index in [-0.39, 0.29) is 36.9 Å². The van der Waals surface area contributed by atoms with Gasteiger partial charge < -0.3 is 20.7 Å². The van der Waals surface area contributed by atoms with Crippen molar-refractivity contribution >= 4 is 24.2 Å². The maximum Gasteiger partial charge on any atom is 0.260 e. The predicted molar refractivity (Wildman–Crippen MR) is 109 cm³/mol. The molecule has 3 N–H and O–H groups in total. The molecule has 0 spiro atoms. The Bertz CT molecular complexity index is 610. The first-order valence-corrected chi connectivity index (χ1v) is 9.50. The van der Waals surface area contributed by atoms with Crippen molar-refractivity contribution in [2.45, 2.75) is 51.5 Å². The van der Waals surface area contributed by atoms with E-state index in [1.54, 1.807) is 0 Å². The van der Waals surface area contributed by atoms with Crippen molar-refractivity contribution in [1.82, 2.24) is 10.2 Å². The molecule has 0 aliphatic carbocycles. The van der Waals surface area contributed by atoms with E-state index < -0.39 is 0 Å². The zero-order valence-electron chi connectivity index (χ0n) is 16.3. The first-order valence-electron chi connectivity index (χ1n) is 9.50. The molecular formula is C20H32ClN3O3. The van der Waals surface area contributed by atoms with Crippen LogP contribution in [0.4, 0.5) is 0 Å². The number of rotatable bonds is 8. The number of carbonyl (C=O) groups excluding carboxylic acids is 2. The van der Waals surface area contributed by atoms with Gasteiger partial charge >= 0.3 is 0 Å². The molecule has 2 amide bonds. The molecule has 2 rings (SSSR count). The molecule has 0 bridgehead atoms. The lowest BCUT2D eigenvalue weighted by Crippen LogP contribution is -2.50. The zero-order chi connectivity index (χ0) is 18.9. The first-order chi connectivity index (χ1) is 12.5. The summed E-state index contributed by atoms with van der Waals surface area (Å²) in [4.78, 5) is 26.1. The van der Waals surface area contributed by atoms with Crippen molar-refractivity contribution in [2.75, 3.05) is 26.2 Å². The predicted octanol–water partition coefficient (Wildman–Crippen LogP) is 2.46. The molecule has 152 valence electrons. The maximum atomic E-state index is 12.6. The average molecular weight is 398 g/mol. The normalized spacial score (nSPS) is 16.6. The monoisotopic (exact) mass is 397 g/mol. The van der Waals surface area contributed by atoms with Gasteiger partial charge in [-0.2, -0.15) is 0 Å². The average Bonchev–Trinajstić information content (AvgIpc) is 2.65. The van der Waals surface area contributed by atoms with Gasteiger partial charge in [0, 0.05) is 32.1 Å². The molecule has 0 saturated carbocycles. The molecule has 1 aromatic rings. The molecule has 0 radical (unpaired) electrons. The van der Waals surface area contributed by atoms with Gasteiger partial charge in [0.1, 0.15) is 5.75 Å². The number of nitrogens with two attached hydrogens (primary N) is 1. The van der Waals surface area contributed by atoms with Gasteiger partial charge in [-0.3, -0.25) is 9.59 Å². The molecule has 1 atom stereocenters. The number of ether oxygens (including phenoxy) is 1. The van der Waals surface area contributed by atoms with E-state index in [0.717, 1.165) is 19.3 Å². The summed E-state index contributed by atoms with van der Waals surface area (Å²) >= 11 is 0. The molecule has 1 unspecified atom stereocenters. The molecule has 27 heavy (non-hydrogen) atoms. The van der Waals surface area contributed by atoms with E-state index in [9.17, 15) is 9.59 Å². The SMILES string of the molecule is CC(C)c1cccc(OCC(=O)N2CCCCC2CNC(=O)CCN)c1.Cl. The highest BCUT2D eigenvalue weighted by Gasteiger charge is 2.27. The summed E-state index contributed by atoms with van der Waals surface area (Å²) in [5, 5.41) is 2.88. The fourth-order valence-corrected chi connectivity index (χ4v) is 3.18. The number of hydrogen-bond acceptors (Lipinski definition) is 4. The van der Waals surface area contributed by atoms with Crippen LogP contribution in [0.1, 0.15) is 51.0 Å². The number of hydrogen-bond donors (Lipinski definition) is 2. The van der Waals surface area contributed by atoms with E-state index in [1.807, 2.05) is 23.1 Å². The Morgan fingerprint density at radius 1 is 1.33 bits per heavy atom. The van der Waals surface area contributed by atoms with E-state index in [2.05, 4.69) is 25.2 Å². The Morgan fingerprint density at radius 2 is 2.11 bits per heavy atom. The third kappa shape index (κ3) is 7.39. The van der Waals surface area contributed by atoms with Crippen molar-refractivity contribution < 1.29 is 14.3 Å². The smallest absolute Gasteiger partial charge is 0.260 e. The van der Waals surface area contributed by atoms with E-state index in [1.165, 1.54) is 5.56 Å². The van der Waals surface area contributed by atoms with Gasteiger partial charge in [-0.25, -0.2) is 0 Å². The van der Waals surface area contributed by atoms with Crippen LogP contribution in [0.15, 0.2) is 24.3 Å². The van der Waals surface area contributed by atoms with Crippen molar-refractivity contribution in [3.05, 3.63) is 29.8 Å². The third-order valence-corrected chi connectivity index (χ3v) is 4.74. The Balaban J connectivity index is 0.00000364. The second kappa shape index (κ2) is 11.8. The van der Waals surface area contributed by atoms with E-state index >= 15 is 0 Å². The van der Waals surface area contributed by atoms with Gasteiger partial charge in [0.25, 0.3) is 5.91 Å². The van der Waals surface area contributed by atoms with Crippen LogP contribution in [0, 0.1) is 0 Å². The van der Waals surface area contributed by atoms with E-state index in [0.29, 0.717) is 37.7 Å². The molecule has 1 aliphatic heterocycles. The number of nitrogens with one attached hydrogen (secondary N) is 1. The molecule has 1 fully saturated rings. The molecule has 6 nitrogen and oxygen atoms in total. The Kier molecular flexibility index (Phi) is 10.2. The Labute approximate surface area is 168 Å². The second-order valence-electron chi connectivity index (χ2n) is 7.10. The highest BCUT2D eigenvalue weighted by molar-refractivity contribution is 5.85. The van der Waals surface area contributed by atoms with Gasteiger partial charge in [0.05, 0.1) is 0 Å². The summed E-state index contributed by atoms with van der Waals surface area (Å²) in [7, 11) is 0. The highest BCUT2D eigenvalue weighted by Crippen LogP contribution is 2.21. The molecule has 1 aromatic carbocycles. The Hall–Kier alpha value is -1.79.